The van der Waals surface area contributed by atoms with Crippen molar-refractivity contribution in [3.05, 3.63) is 210 Å². The minimum Gasteiger partial charge on any atom is -0.309 e. The summed E-state index contributed by atoms with van der Waals surface area (Å²) in [6.45, 7) is 0. The molecule has 0 bridgehead atoms. The molecule has 0 N–H and O–H groups in total. The van der Waals surface area contributed by atoms with Crippen LogP contribution in [0.4, 0.5) is 0 Å². The van der Waals surface area contributed by atoms with Crippen molar-refractivity contribution in [3.63, 3.8) is 0 Å². The number of hydrogen-bond acceptors (Lipinski definition) is 1. The molecule has 0 saturated heterocycles. The van der Waals surface area contributed by atoms with Crippen molar-refractivity contribution < 1.29 is 0 Å². The molecule has 2 aliphatic rings. The highest BCUT2D eigenvalue weighted by atomic mass is 15.0. The summed E-state index contributed by atoms with van der Waals surface area (Å²) in [7, 11) is 0. The van der Waals surface area contributed by atoms with E-state index in [1.807, 2.05) is 12.4 Å². The molecule has 2 aliphatic carbocycles. The fraction of sp³-hybridized carbons (Fsp3) is 0.0426. The normalized spacial score (nSPS) is 16.7. The Morgan fingerprint density at radius 1 is 0.531 bits per heavy atom. The van der Waals surface area contributed by atoms with Gasteiger partial charge in [0.15, 0.2) is 0 Å². The van der Waals surface area contributed by atoms with Crippen LogP contribution in [-0.2, 0) is 0 Å². The minimum absolute atomic E-state index is 0.237. The lowest BCUT2D eigenvalue weighted by Gasteiger charge is -2.37. The number of rotatable bonds is 4. The number of para-hydroxylation sites is 1. The van der Waals surface area contributed by atoms with E-state index in [9.17, 15) is 0 Å². The SMILES string of the molecule is C1=CC2=C(c3ccc(-c4ccc5c(c4)c4cnccc4n5-c4ccccc4)cc3)c3ccccc3C(c3cccc4ccccc34)C2C=C1. The summed E-state index contributed by atoms with van der Waals surface area (Å²) >= 11 is 0. The molecule has 2 aromatic heterocycles. The molecule has 0 fully saturated rings. The summed E-state index contributed by atoms with van der Waals surface area (Å²) in [5.41, 5.74) is 14.0. The van der Waals surface area contributed by atoms with E-state index in [2.05, 4.69) is 179 Å². The smallest absolute Gasteiger partial charge is 0.0571 e. The van der Waals surface area contributed by atoms with Crippen molar-refractivity contribution >= 4 is 38.2 Å². The van der Waals surface area contributed by atoms with Gasteiger partial charge in [-0.2, -0.15) is 0 Å². The number of nitrogens with zero attached hydrogens (tertiary/aromatic N) is 2. The highest BCUT2D eigenvalue weighted by Gasteiger charge is 2.36. The zero-order valence-corrected chi connectivity index (χ0v) is 26.9. The maximum Gasteiger partial charge on any atom is 0.0571 e. The van der Waals surface area contributed by atoms with E-state index in [-0.39, 0.29) is 11.8 Å². The molecule has 10 rings (SSSR count). The Bertz CT molecular complexity index is 2650. The van der Waals surface area contributed by atoms with E-state index < -0.39 is 0 Å². The Kier molecular flexibility index (Phi) is 6.35. The van der Waals surface area contributed by atoms with Gasteiger partial charge >= 0.3 is 0 Å². The van der Waals surface area contributed by atoms with Gasteiger partial charge < -0.3 is 4.57 Å². The lowest BCUT2D eigenvalue weighted by molar-refractivity contribution is 0.653. The van der Waals surface area contributed by atoms with Crippen LogP contribution in [0.2, 0.25) is 0 Å². The molecule has 6 aromatic carbocycles. The Morgan fingerprint density at radius 3 is 2.18 bits per heavy atom. The first kappa shape index (κ1) is 27.8. The van der Waals surface area contributed by atoms with Gasteiger partial charge in [0.1, 0.15) is 0 Å². The first-order chi connectivity index (χ1) is 24.3. The third-order valence-electron chi connectivity index (χ3n) is 10.5. The van der Waals surface area contributed by atoms with Crippen LogP contribution in [0.25, 0.3) is 55.0 Å². The predicted molar refractivity (Wildman–Crippen MR) is 204 cm³/mol. The van der Waals surface area contributed by atoms with E-state index in [4.69, 9.17) is 0 Å². The van der Waals surface area contributed by atoms with E-state index in [1.165, 1.54) is 71.7 Å². The minimum atomic E-state index is 0.237. The van der Waals surface area contributed by atoms with Gasteiger partial charge in [0.25, 0.3) is 0 Å². The van der Waals surface area contributed by atoms with Gasteiger partial charge in [-0.25, -0.2) is 0 Å². The van der Waals surface area contributed by atoms with Gasteiger partial charge in [0.05, 0.1) is 11.0 Å². The fourth-order valence-electron chi connectivity index (χ4n) is 8.38. The molecule has 2 heteroatoms. The molecule has 0 saturated carbocycles. The molecule has 0 aliphatic heterocycles. The van der Waals surface area contributed by atoms with Crippen molar-refractivity contribution in [2.24, 2.45) is 5.92 Å². The number of fused-ring (bicyclic) bond motifs is 6. The first-order valence-corrected chi connectivity index (χ1v) is 17.0. The second kappa shape index (κ2) is 11.2. The van der Waals surface area contributed by atoms with Gasteiger partial charge in [0, 0.05) is 40.7 Å². The lowest BCUT2D eigenvalue weighted by atomic mass is 9.66. The second-order valence-electron chi connectivity index (χ2n) is 13.1. The summed E-state index contributed by atoms with van der Waals surface area (Å²) < 4.78 is 2.33. The van der Waals surface area contributed by atoms with Crippen LogP contribution in [0, 0.1) is 5.92 Å². The molecular weight excluding hydrogens is 593 g/mol. The van der Waals surface area contributed by atoms with Crippen LogP contribution in [0.5, 0.6) is 0 Å². The Morgan fingerprint density at radius 2 is 1.27 bits per heavy atom. The maximum absolute atomic E-state index is 4.50. The summed E-state index contributed by atoms with van der Waals surface area (Å²) in [5, 5.41) is 4.99. The van der Waals surface area contributed by atoms with Crippen LogP contribution in [0.3, 0.4) is 0 Å². The predicted octanol–water partition coefficient (Wildman–Crippen LogP) is 11.7. The van der Waals surface area contributed by atoms with Gasteiger partial charge in [-0.15, -0.1) is 0 Å². The van der Waals surface area contributed by atoms with Gasteiger partial charge in [-0.05, 0) is 85.6 Å². The topological polar surface area (TPSA) is 17.8 Å². The third-order valence-corrected chi connectivity index (χ3v) is 10.5. The number of aromatic nitrogens is 2. The molecule has 2 nitrogen and oxygen atoms in total. The molecule has 2 unspecified atom stereocenters. The van der Waals surface area contributed by atoms with Gasteiger partial charge in [-0.3, -0.25) is 4.98 Å². The highest BCUT2D eigenvalue weighted by molar-refractivity contribution is 6.10. The zero-order valence-electron chi connectivity index (χ0n) is 26.9. The number of benzene rings is 6. The number of allylic oxidation sites excluding steroid dienone is 5. The quantitative estimate of drug-likeness (QED) is 0.190. The third kappa shape index (κ3) is 4.38. The second-order valence-corrected chi connectivity index (χ2v) is 13.1. The zero-order chi connectivity index (χ0) is 32.3. The maximum atomic E-state index is 4.50. The monoisotopic (exact) mass is 624 g/mol. The molecule has 2 atom stereocenters. The standard InChI is InChI=1S/C47H32N2/c1-2-13-35(14-3-1)49-44-26-25-34(29-42(44)43-30-48-28-27-45(43)49)31-21-23-33(24-22-31)46-38-16-6-8-18-40(38)47(41-19-9-7-17-39(41)46)37-20-10-12-32-11-4-5-15-36(32)37/h1-30,40,47H. The van der Waals surface area contributed by atoms with Gasteiger partial charge in [-0.1, -0.05) is 140 Å². The van der Waals surface area contributed by atoms with Crippen molar-refractivity contribution in [2.45, 2.75) is 5.92 Å². The van der Waals surface area contributed by atoms with E-state index >= 15 is 0 Å². The fourth-order valence-corrected chi connectivity index (χ4v) is 8.38. The van der Waals surface area contributed by atoms with Crippen LogP contribution in [0.15, 0.2) is 188 Å². The Labute approximate surface area is 285 Å². The Hall–Kier alpha value is -6.25. The van der Waals surface area contributed by atoms with E-state index in [0.29, 0.717) is 0 Å². The molecule has 0 radical (unpaired) electrons. The molecule has 2 heterocycles. The average Bonchev–Trinajstić information content (AvgIpc) is 3.51. The number of hydrogen-bond donors (Lipinski definition) is 0. The van der Waals surface area contributed by atoms with Crippen molar-refractivity contribution in [1.29, 1.82) is 0 Å². The summed E-state index contributed by atoms with van der Waals surface area (Å²) in [5.74, 6) is 0.485. The lowest BCUT2D eigenvalue weighted by Crippen LogP contribution is -2.23. The van der Waals surface area contributed by atoms with Crippen molar-refractivity contribution in [3.8, 4) is 16.8 Å². The molecule has 0 amide bonds. The van der Waals surface area contributed by atoms with Crippen LogP contribution >= 0.6 is 0 Å². The number of pyridine rings is 1. The van der Waals surface area contributed by atoms with Crippen LogP contribution in [0.1, 0.15) is 28.2 Å². The largest absolute Gasteiger partial charge is 0.309 e. The molecule has 0 spiro atoms. The molecule has 230 valence electrons. The summed E-state index contributed by atoms with van der Waals surface area (Å²) in [4.78, 5) is 4.50. The Balaban J connectivity index is 1.09. The first-order valence-electron chi connectivity index (χ1n) is 17.0. The van der Waals surface area contributed by atoms with Gasteiger partial charge in [0.2, 0.25) is 0 Å². The highest BCUT2D eigenvalue weighted by Crippen LogP contribution is 2.51. The average molecular weight is 625 g/mol. The van der Waals surface area contributed by atoms with E-state index in [0.717, 1.165) is 11.1 Å². The molecular formula is C47H32N2. The van der Waals surface area contributed by atoms with Crippen molar-refractivity contribution in [1.82, 2.24) is 9.55 Å². The molecule has 49 heavy (non-hydrogen) atoms. The summed E-state index contributed by atoms with van der Waals surface area (Å²) in [6, 6.07) is 53.3. The molecule has 8 aromatic rings. The summed E-state index contributed by atoms with van der Waals surface area (Å²) in [6.07, 6.45) is 13.0. The van der Waals surface area contributed by atoms with Crippen molar-refractivity contribution in [2.75, 3.05) is 0 Å². The van der Waals surface area contributed by atoms with Crippen LogP contribution in [-0.4, -0.2) is 9.55 Å². The van der Waals surface area contributed by atoms with E-state index in [1.54, 1.807) is 0 Å². The van der Waals surface area contributed by atoms with Crippen LogP contribution < -0.4 is 0 Å².